The van der Waals surface area contributed by atoms with Crippen molar-refractivity contribution in [2.24, 2.45) is 7.05 Å². The summed E-state index contributed by atoms with van der Waals surface area (Å²) in [5, 5.41) is 17.1. The van der Waals surface area contributed by atoms with Gasteiger partial charge in [0, 0.05) is 18.8 Å². The van der Waals surface area contributed by atoms with Crippen molar-refractivity contribution in [2.45, 2.75) is 12.8 Å². The van der Waals surface area contributed by atoms with E-state index in [0.717, 1.165) is 6.07 Å². The van der Waals surface area contributed by atoms with E-state index >= 15 is 0 Å². The highest BCUT2D eigenvalue weighted by Crippen LogP contribution is 2.36. The zero-order chi connectivity index (χ0) is 19.6. The largest absolute Gasteiger partial charge is 0.468 e. The standard InChI is InChI=1S/C17H11ClF3N5O/c1-26-14(9-27-16-10(7-22)6-11(18)8-23-16)24-25-15(26)12-4-2-3-5-13(12)17(19,20)21/h2-6,8H,9H2,1H3. The lowest BCUT2D eigenvalue weighted by Gasteiger charge is -2.12. The molecule has 0 atom stereocenters. The Balaban J connectivity index is 1.89. The van der Waals surface area contributed by atoms with Crippen LogP contribution in [0.3, 0.4) is 0 Å². The number of nitriles is 1. The molecule has 0 aliphatic heterocycles. The summed E-state index contributed by atoms with van der Waals surface area (Å²) < 4.78 is 46.5. The van der Waals surface area contributed by atoms with Gasteiger partial charge < -0.3 is 9.30 Å². The highest BCUT2D eigenvalue weighted by atomic mass is 35.5. The predicted octanol–water partition coefficient (Wildman–Crippen LogP) is 4.00. The zero-order valence-electron chi connectivity index (χ0n) is 13.8. The number of hydrogen-bond donors (Lipinski definition) is 0. The van der Waals surface area contributed by atoms with Gasteiger partial charge in [-0.25, -0.2) is 4.98 Å². The van der Waals surface area contributed by atoms with Crippen LogP contribution >= 0.6 is 11.6 Å². The normalized spacial score (nSPS) is 11.3. The van der Waals surface area contributed by atoms with Gasteiger partial charge in [-0.05, 0) is 12.1 Å². The van der Waals surface area contributed by atoms with E-state index in [2.05, 4.69) is 15.2 Å². The van der Waals surface area contributed by atoms with Gasteiger partial charge in [0.15, 0.2) is 11.6 Å². The molecule has 0 aliphatic rings. The third kappa shape index (κ3) is 3.85. The molecule has 0 spiro atoms. The minimum absolute atomic E-state index is 0.0436. The van der Waals surface area contributed by atoms with Gasteiger partial charge in [0.1, 0.15) is 18.2 Å². The van der Waals surface area contributed by atoms with Crippen LogP contribution in [0.25, 0.3) is 11.4 Å². The molecule has 10 heteroatoms. The first-order valence-corrected chi connectivity index (χ1v) is 7.92. The Kier molecular flexibility index (Phi) is 5.01. The van der Waals surface area contributed by atoms with E-state index in [-0.39, 0.29) is 40.3 Å². The van der Waals surface area contributed by atoms with Gasteiger partial charge in [0.2, 0.25) is 5.88 Å². The minimum atomic E-state index is -4.52. The van der Waals surface area contributed by atoms with Gasteiger partial charge in [0.25, 0.3) is 0 Å². The number of pyridine rings is 1. The molecule has 2 aromatic heterocycles. The summed E-state index contributed by atoms with van der Waals surface area (Å²) in [6.07, 6.45) is -3.20. The van der Waals surface area contributed by atoms with Crippen molar-refractivity contribution in [1.82, 2.24) is 19.7 Å². The molecule has 0 amide bonds. The molecule has 0 saturated heterocycles. The molecule has 0 bridgehead atoms. The van der Waals surface area contributed by atoms with E-state index in [0.29, 0.717) is 0 Å². The van der Waals surface area contributed by atoms with Gasteiger partial charge in [-0.1, -0.05) is 29.8 Å². The van der Waals surface area contributed by atoms with Crippen LogP contribution < -0.4 is 4.74 Å². The summed E-state index contributed by atoms with van der Waals surface area (Å²) >= 11 is 5.77. The van der Waals surface area contributed by atoms with Crippen LogP contribution in [0.4, 0.5) is 13.2 Å². The number of halogens is 4. The maximum Gasteiger partial charge on any atom is 0.417 e. The third-order valence-corrected chi connectivity index (χ3v) is 3.92. The summed E-state index contributed by atoms with van der Waals surface area (Å²) in [4.78, 5) is 3.92. The molecule has 0 saturated carbocycles. The van der Waals surface area contributed by atoms with E-state index in [1.807, 2.05) is 6.07 Å². The van der Waals surface area contributed by atoms with Crippen molar-refractivity contribution in [1.29, 1.82) is 5.26 Å². The number of ether oxygens (including phenoxy) is 1. The lowest BCUT2D eigenvalue weighted by molar-refractivity contribution is -0.137. The maximum absolute atomic E-state index is 13.2. The summed E-state index contributed by atoms with van der Waals surface area (Å²) in [6.45, 7) is -0.138. The van der Waals surface area contributed by atoms with E-state index in [1.165, 1.54) is 42.1 Å². The number of alkyl halides is 3. The predicted molar refractivity (Wildman–Crippen MR) is 89.7 cm³/mol. The third-order valence-electron chi connectivity index (χ3n) is 3.71. The summed E-state index contributed by atoms with van der Waals surface area (Å²) in [5.74, 6) is 0.357. The number of aromatic nitrogens is 4. The summed E-state index contributed by atoms with van der Waals surface area (Å²) in [5.41, 5.74) is -0.764. The maximum atomic E-state index is 13.2. The molecule has 0 unspecified atom stereocenters. The molecule has 138 valence electrons. The van der Waals surface area contributed by atoms with Gasteiger partial charge >= 0.3 is 6.18 Å². The highest BCUT2D eigenvalue weighted by molar-refractivity contribution is 6.30. The number of nitrogens with zero attached hydrogens (tertiary/aromatic N) is 5. The van der Waals surface area contributed by atoms with Crippen molar-refractivity contribution in [3.05, 3.63) is 58.5 Å². The quantitative estimate of drug-likeness (QED) is 0.669. The fraction of sp³-hybridized carbons (Fsp3) is 0.176. The molecular formula is C17H11ClF3N5O. The van der Waals surface area contributed by atoms with Gasteiger partial charge in [-0.2, -0.15) is 18.4 Å². The molecule has 3 aromatic rings. The average molecular weight is 394 g/mol. The highest BCUT2D eigenvalue weighted by Gasteiger charge is 2.34. The number of hydrogen-bond acceptors (Lipinski definition) is 5. The van der Waals surface area contributed by atoms with Crippen LogP contribution in [0.1, 0.15) is 17.0 Å². The molecule has 3 rings (SSSR count). The lowest BCUT2D eigenvalue weighted by Crippen LogP contribution is -2.10. The Morgan fingerprint density at radius 1 is 1.26 bits per heavy atom. The molecule has 0 N–H and O–H groups in total. The van der Waals surface area contributed by atoms with Crippen molar-refractivity contribution >= 4 is 11.6 Å². The first kappa shape index (κ1) is 18.7. The Bertz CT molecular complexity index is 1030. The van der Waals surface area contributed by atoms with Gasteiger partial charge in [0.05, 0.1) is 10.6 Å². The van der Waals surface area contributed by atoms with E-state index < -0.39 is 11.7 Å². The topological polar surface area (TPSA) is 76.6 Å². The first-order valence-electron chi connectivity index (χ1n) is 7.54. The number of benzene rings is 1. The molecule has 0 radical (unpaired) electrons. The van der Waals surface area contributed by atoms with Crippen LogP contribution in [-0.2, 0) is 19.8 Å². The van der Waals surface area contributed by atoms with Gasteiger partial charge in [-0.15, -0.1) is 10.2 Å². The molecule has 2 heterocycles. The van der Waals surface area contributed by atoms with Crippen LogP contribution in [0.5, 0.6) is 5.88 Å². The fourth-order valence-electron chi connectivity index (χ4n) is 2.40. The van der Waals surface area contributed by atoms with Gasteiger partial charge in [-0.3, -0.25) is 0 Å². The van der Waals surface area contributed by atoms with Crippen molar-refractivity contribution in [3.8, 4) is 23.3 Å². The molecule has 0 aliphatic carbocycles. The smallest absolute Gasteiger partial charge is 0.417 e. The summed E-state index contributed by atoms with van der Waals surface area (Å²) in [6, 6.07) is 8.41. The Morgan fingerprint density at radius 2 is 2.00 bits per heavy atom. The van der Waals surface area contributed by atoms with Crippen LogP contribution in [-0.4, -0.2) is 19.7 Å². The second-order valence-corrected chi connectivity index (χ2v) is 5.89. The lowest BCUT2D eigenvalue weighted by atomic mass is 10.1. The molecule has 27 heavy (non-hydrogen) atoms. The SMILES string of the molecule is Cn1c(COc2ncc(Cl)cc2C#N)nnc1-c1ccccc1C(F)(F)F. The number of rotatable bonds is 4. The van der Waals surface area contributed by atoms with E-state index in [1.54, 1.807) is 0 Å². The van der Waals surface area contributed by atoms with Crippen LogP contribution in [0, 0.1) is 11.3 Å². The van der Waals surface area contributed by atoms with Crippen LogP contribution in [0.15, 0.2) is 36.5 Å². The molecular weight excluding hydrogens is 383 g/mol. The van der Waals surface area contributed by atoms with E-state index in [9.17, 15) is 13.2 Å². The minimum Gasteiger partial charge on any atom is -0.468 e. The van der Waals surface area contributed by atoms with E-state index in [4.69, 9.17) is 21.6 Å². The Hall–Kier alpha value is -3.12. The second kappa shape index (κ2) is 7.25. The van der Waals surface area contributed by atoms with Crippen molar-refractivity contribution in [3.63, 3.8) is 0 Å². The van der Waals surface area contributed by atoms with Crippen LogP contribution in [0.2, 0.25) is 5.02 Å². The Labute approximate surface area is 156 Å². The fourth-order valence-corrected chi connectivity index (χ4v) is 2.56. The average Bonchev–Trinajstić information content (AvgIpc) is 3.00. The second-order valence-electron chi connectivity index (χ2n) is 5.45. The Morgan fingerprint density at radius 3 is 2.70 bits per heavy atom. The molecule has 1 aromatic carbocycles. The monoisotopic (exact) mass is 393 g/mol. The van der Waals surface area contributed by atoms with Crippen molar-refractivity contribution in [2.75, 3.05) is 0 Å². The molecule has 0 fully saturated rings. The first-order chi connectivity index (χ1) is 12.8. The summed E-state index contributed by atoms with van der Waals surface area (Å²) in [7, 11) is 1.53. The zero-order valence-corrected chi connectivity index (χ0v) is 14.6. The van der Waals surface area contributed by atoms with Crippen molar-refractivity contribution < 1.29 is 17.9 Å². The molecule has 6 nitrogen and oxygen atoms in total.